The van der Waals surface area contributed by atoms with E-state index in [2.05, 4.69) is 20.2 Å². The van der Waals surface area contributed by atoms with Crippen LogP contribution in [0.25, 0.3) is 0 Å². The van der Waals surface area contributed by atoms with Crippen LogP contribution in [-0.2, 0) is 0 Å². The van der Waals surface area contributed by atoms with E-state index in [0.717, 1.165) is 31.0 Å². The van der Waals surface area contributed by atoms with Gasteiger partial charge in [-0.15, -0.1) is 11.3 Å². The maximum absolute atomic E-state index is 12.5. The smallest absolute Gasteiger partial charge is 0.261 e. The van der Waals surface area contributed by atoms with Gasteiger partial charge < -0.3 is 10.2 Å². The van der Waals surface area contributed by atoms with E-state index < -0.39 is 0 Å². The van der Waals surface area contributed by atoms with Crippen molar-refractivity contribution in [3.05, 3.63) is 45.2 Å². The van der Waals surface area contributed by atoms with Crippen molar-refractivity contribution in [2.45, 2.75) is 19.3 Å². The zero-order chi connectivity index (χ0) is 18.1. The van der Waals surface area contributed by atoms with Gasteiger partial charge in [0, 0.05) is 31.0 Å². The Kier molecular flexibility index (Phi) is 4.60. The van der Waals surface area contributed by atoms with Crippen LogP contribution >= 0.6 is 11.3 Å². The third-order valence-electron chi connectivity index (χ3n) is 4.70. The number of ketones is 2. The summed E-state index contributed by atoms with van der Waals surface area (Å²) in [4.78, 5) is 48.4. The molecule has 4 rings (SSSR count). The maximum Gasteiger partial charge on any atom is 0.261 e. The Morgan fingerprint density at radius 3 is 2.50 bits per heavy atom. The normalized spacial score (nSPS) is 16.9. The predicted octanol–water partition coefficient (Wildman–Crippen LogP) is 1.53. The van der Waals surface area contributed by atoms with Gasteiger partial charge in [-0.05, 0) is 32.0 Å². The van der Waals surface area contributed by atoms with Gasteiger partial charge in [0.15, 0.2) is 0 Å². The summed E-state index contributed by atoms with van der Waals surface area (Å²) in [5.41, 5.74) is 0.359. The molecule has 1 N–H and O–H groups in total. The predicted molar refractivity (Wildman–Crippen MR) is 95.8 cm³/mol. The number of rotatable bonds is 4. The fourth-order valence-corrected chi connectivity index (χ4v) is 4.36. The lowest BCUT2D eigenvalue weighted by Gasteiger charge is -2.26. The minimum Gasteiger partial charge on any atom is -0.350 e. The van der Waals surface area contributed by atoms with Crippen LogP contribution in [0.15, 0.2) is 18.5 Å². The molecule has 7 nitrogen and oxygen atoms in total. The van der Waals surface area contributed by atoms with Crippen LogP contribution in [0.5, 0.6) is 0 Å². The lowest BCUT2D eigenvalue weighted by atomic mass is 9.96. The molecule has 2 aliphatic rings. The zero-order valence-corrected chi connectivity index (χ0v) is 15.0. The molecule has 1 aliphatic carbocycles. The first-order valence-electron chi connectivity index (χ1n) is 8.70. The van der Waals surface area contributed by atoms with Crippen molar-refractivity contribution in [2.75, 3.05) is 26.2 Å². The molecular weight excluding hydrogens is 352 g/mol. The first kappa shape index (κ1) is 17.0. The number of nitrogens with zero attached hydrogens (tertiary/aromatic N) is 3. The summed E-state index contributed by atoms with van der Waals surface area (Å²) < 4.78 is 0. The molecule has 26 heavy (non-hydrogen) atoms. The zero-order valence-electron chi connectivity index (χ0n) is 14.2. The first-order valence-corrected chi connectivity index (χ1v) is 9.51. The molecule has 0 bridgehead atoms. The number of likely N-dealkylation sites (tertiary alicyclic amines) is 1. The van der Waals surface area contributed by atoms with Crippen LogP contribution < -0.4 is 5.32 Å². The van der Waals surface area contributed by atoms with Crippen LogP contribution in [0.4, 0.5) is 0 Å². The molecule has 1 saturated heterocycles. The Morgan fingerprint density at radius 2 is 1.77 bits per heavy atom. The molecule has 2 aromatic rings. The summed E-state index contributed by atoms with van der Waals surface area (Å²) in [6.07, 6.45) is 6.46. The molecular formula is C18H18N4O3S. The summed E-state index contributed by atoms with van der Waals surface area (Å²) in [6.45, 7) is 3.51. The van der Waals surface area contributed by atoms with Crippen LogP contribution in [0.2, 0.25) is 0 Å². The van der Waals surface area contributed by atoms with Crippen molar-refractivity contribution < 1.29 is 14.4 Å². The second-order valence-electron chi connectivity index (χ2n) is 6.42. The van der Waals surface area contributed by atoms with Crippen LogP contribution in [0.3, 0.4) is 0 Å². The number of aromatic nitrogens is 2. The van der Waals surface area contributed by atoms with Gasteiger partial charge in [0.2, 0.25) is 11.6 Å². The third kappa shape index (κ3) is 3.06. The van der Waals surface area contributed by atoms with E-state index >= 15 is 0 Å². The van der Waals surface area contributed by atoms with Crippen molar-refractivity contribution in [1.29, 1.82) is 0 Å². The van der Waals surface area contributed by atoms with Crippen LogP contribution in [-0.4, -0.2) is 58.5 Å². The van der Waals surface area contributed by atoms with E-state index in [1.807, 2.05) is 0 Å². The maximum atomic E-state index is 12.5. The second-order valence-corrected chi connectivity index (χ2v) is 7.48. The highest BCUT2D eigenvalue weighted by Gasteiger charge is 2.35. The summed E-state index contributed by atoms with van der Waals surface area (Å²) in [5.74, 6) is -0.960. The van der Waals surface area contributed by atoms with Crippen LogP contribution in [0.1, 0.15) is 60.4 Å². The van der Waals surface area contributed by atoms with E-state index in [-0.39, 0.29) is 39.3 Å². The third-order valence-corrected chi connectivity index (χ3v) is 5.83. The Balaban J connectivity index is 1.46. The van der Waals surface area contributed by atoms with Crippen molar-refractivity contribution >= 4 is 28.8 Å². The molecule has 8 heteroatoms. The van der Waals surface area contributed by atoms with Crippen molar-refractivity contribution in [3.8, 4) is 0 Å². The molecule has 0 aromatic carbocycles. The molecule has 2 aromatic heterocycles. The number of piperidine rings is 1. The van der Waals surface area contributed by atoms with Gasteiger partial charge in [-0.1, -0.05) is 6.42 Å². The molecule has 0 atom stereocenters. The number of fused-ring (bicyclic) bond motifs is 2. The van der Waals surface area contributed by atoms with E-state index in [0.29, 0.717) is 11.4 Å². The largest absolute Gasteiger partial charge is 0.350 e. The van der Waals surface area contributed by atoms with E-state index in [1.54, 1.807) is 0 Å². The highest BCUT2D eigenvalue weighted by Crippen LogP contribution is 2.31. The van der Waals surface area contributed by atoms with Crippen LogP contribution in [0, 0.1) is 0 Å². The Morgan fingerprint density at radius 1 is 1.08 bits per heavy atom. The van der Waals surface area contributed by atoms with Crippen molar-refractivity contribution in [1.82, 2.24) is 20.2 Å². The summed E-state index contributed by atoms with van der Waals surface area (Å²) in [5, 5.41) is 2.88. The highest BCUT2D eigenvalue weighted by atomic mass is 32.1. The van der Waals surface area contributed by atoms with Gasteiger partial charge in [-0.3, -0.25) is 14.4 Å². The number of thiophene rings is 1. The van der Waals surface area contributed by atoms with Crippen molar-refractivity contribution in [3.63, 3.8) is 0 Å². The number of carbonyl (C=O) groups excluding carboxylic acids is 3. The topological polar surface area (TPSA) is 92.3 Å². The highest BCUT2D eigenvalue weighted by molar-refractivity contribution is 7.16. The number of hydrogen-bond donors (Lipinski definition) is 1. The monoisotopic (exact) mass is 370 g/mol. The minimum atomic E-state index is -0.355. The lowest BCUT2D eigenvalue weighted by molar-refractivity contribution is 0.0950. The van der Waals surface area contributed by atoms with Crippen molar-refractivity contribution in [2.24, 2.45) is 0 Å². The summed E-state index contributed by atoms with van der Waals surface area (Å²) >= 11 is 1.04. The van der Waals surface area contributed by atoms with Gasteiger partial charge >= 0.3 is 0 Å². The summed E-state index contributed by atoms with van der Waals surface area (Å²) in [7, 11) is 0. The van der Waals surface area contributed by atoms with Gasteiger partial charge in [-0.25, -0.2) is 9.97 Å². The fraction of sp³-hybridized carbons (Fsp3) is 0.389. The van der Waals surface area contributed by atoms with E-state index in [9.17, 15) is 14.4 Å². The molecule has 1 aliphatic heterocycles. The molecule has 134 valence electrons. The van der Waals surface area contributed by atoms with E-state index in [4.69, 9.17) is 0 Å². The molecule has 0 unspecified atom stereocenters. The number of hydrogen-bond acceptors (Lipinski definition) is 7. The minimum absolute atomic E-state index is 0.0554. The average Bonchev–Trinajstić information content (AvgIpc) is 3.13. The molecule has 0 radical (unpaired) electrons. The van der Waals surface area contributed by atoms with Gasteiger partial charge in [-0.2, -0.15) is 0 Å². The Bertz CT molecular complexity index is 834. The standard InChI is InChI=1S/C18H18N4O3S/c23-15-11-10-12(18(25)21-6-9-22-7-2-1-3-8-22)26-17(11)16(24)14-13(15)19-4-5-20-14/h4-5,10H,1-3,6-9H2,(H,21,25). The quantitative estimate of drug-likeness (QED) is 0.749. The molecule has 1 fully saturated rings. The van der Waals surface area contributed by atoms with Gasteiger partial charge in [0.1, 0.15) is 11.4 Å². The number of nitrogens with one attached hydrogen (secondary N) is 1. The Hall–Kier alpha value is -2.45. The molecule has 0 spiro atoms. The summed E-state index contributed by atoms with van der Waals surface area (Å²) in [6, 6.07) is 1.49. The number of amides is 1. The average molecular weight is 370 g/mol. The SMILES string of the molecule is O=C(NCCN1CCCCC1)c1cc2c(s1)C(=O)c1nccnc1C2=O. The van der Waals surface area contributed by atoms with E-state index in [1.165, 1.54) is 37.7 Å². The number of carbonyl (C=O) groups is 3. The molecule has 3 heterocycles. The molecule has 0 saturated carbocycles. The Labute approximate surface area is 154 Å². The lowest BCUT2D eigenvalue weighted by Crippen LogP contribution is -2.37. The fourth-order valence-electron chi connectivity index (χ4n) is 3.34. The van der Waals surface area contributed by atoms with Gasteiger partial charge in [0.25, 0.3) is 5.91 Å². The van der Waals surface area contributed by atoms with Gasteiger partial charge in [0.05, 0.1) is 9.75 Å². The second kappa shape index (κ2) is 7.05. The first-order chi connectivity index (χ1) is 12.6. The molecule has 1 amide bonds.